The summed E-state index contributed by atoms with van der Waals surface area (Å²) in [4.78, 5) is 34.5. The van der Waals surface area contributed by atoms with Crippen molar-refractivity contribution in [1.29, 1.82) is 0 Å². The van der Waals surface area contributed by atoms with E-state index in [1.165, 1.54) is 0 Å². The molecule has 34 heavy (non-hydrogen) atoms. The Hall–Kier alpha value is -1.58. The summed E-state index contributed by atoms with van der Waals surface area (Å²) < 4.78 is 6.80. The number of halogens is 1. The summed E-state index contributed by atoms with van der Waals surface area (Å²) in [6, 6.07) is 1.71. The number of quaternary nitrogens is 1. The number of hydrogen-bond donors (Lipinski definition) is 2. The van der Waals surface area contributed by atoms with Crippen molar-refractivity contribution >= 4 is 17.8 Å². The summed E-state index contributed by atoms with van der Waals surface area (Å²) in [6.07, 6.45) is 12.9. The number of aliphatic hydroxyl groups is 1. The molecule has 0 spiro atoms. The van der Waals surface area contributed by atoms with Crippen LogP contribution in [0.15, 0.2) is 18.5 Å². The third-order valence-corrected chi connectivity index (χ3v) is 8.88. The highest BCUT2D eigenvalue weighted by Gasteiger charge is 2.55. The van der Waals surface area contributed by atoms with Crippen LogP contribution in [-0.4, -0.2) is 69.3 Å². The van der Waals surface area contributed by atoms with Crippen LogP contribution in [0.4, 0.5) is 5.95 Å². The van der Waals surface area contributed by atoms with Gasteiger partial charge in [-0.2, -0.15) is 0 Å². The number of hydrogen-bond acceptors (Lipinski definition) is 6. The minimum Gasteiger partial charge on any atom is -1.00 e. The Morgan fingerprint density at radius 2 is 1.56 bits per heavy atom. The number of fused-ring (bicyclic) bond motifs is 3. The topological polar surface area (TPSA) is 101 Å². The molecule has 0 aromatic carbocycles. The van der Waals surface area contributed by atoms with Gasteiger partial charge >= 0.3 is 5.97 Å². The summed E-state index contributed by atoms with van der Waals surface area (Å²) in [6.45, 7) is 2.80. The van der Waals surface area contributed by atoms with Crippen LogP contribution in [0.2, 0.25) is 0 Å². The fourth-order valence-electron chi connectivity index (χ4n) is 7.04. The Labute approximate surface area is 212 Å². The minimum absolute atomic E-state index is 0. The first-order chi connectivity index (χ1) is 16.0. The molecule has 8 nitrogen and oxygen atoms in total. The van der Waals surface area contributed by atoms with Crippen LogP contribution in [0.1, 0.15) is 64.2 Å². The summed E-state index contributed by atoms with van der Waals surface area (Å²) >= 11 is 0. The average Bonchev–Trinajstić information content (AvgIpc) is 3.54. The normalized spacial score (nSPS) is 29.6. The number of esters is 1. The molecular weight excluding hydrogens is 500 g/mol. The molecule has 0 radical (unpaired) electrons. The number of piperidine rings is 3. The lowest BCUT2D eigenvalue weighted by atomic mass is 9.74. The van der Waals surface area contributed by atoms with Crippen molar-refractivity contribution in [3.63, 3.8) is 0 Å². The molecule has 6 rings (SSSR count). The zero-order valence-electron chi connectivity index (χ0n) is 19.8. The third kappa shape index (κ3) is 5.02. The Morgan fingerprint density at radius 3 is 2.12 bits per heavy atom. The Kier molecular flexibility index (Phi) is 7.94. The van der Waals surface area contributed by atoms with Gasteiger partial charge in [0.05, 0.1) is 13.1 Å². The van der Waals surface area contributed by atoms with Crippen molar-refractivity contribution in [3.05, 3.63) is 18.5 Å². The second-order valence-corrected chi connectivity index (χ2v) is 10.8. The van der Waals surface area contributed by atoms with Gasteiger partial charge in [-0.25, -0.2) is 14.8 Å². The van der Waals surface area contributed by atoms with Gasteiger partial charge in [-0.1, -0.05) is 25.7 Å². The van der Waals surface area contributed by atoms with Crippen molar-refractivity contribution in [2.24, 2.45) is 17.8 Å². The van der Waals surface area contributed by atoms with Gasteiger partial charge in [0, 0.05) is 31.2 Å². The predicted molar refractivity (Wildman–Crippen MR) is 122 cm³/mol. The average molecular weight is 537 g/mol. The lowest BCUT2D eigenvalue weighted by Crippen LogP contribution is -3.00. The summed E-state index contributed by atoms with van der Waals surface area (Å²) in [5.74, 6) is 0.183. The van der Waals surface area contributed by atoms with Crippen molar-refractivity contribution in [2.75, 3.05) is 31.5 Å². The van der Waals surface area contributed by atoms with Crippen molar-refractivity contribution < 1.29 is 40.9 Å². The Balaban J connectivity index is 0.00000274. The maximum atomic E-state index is 13.6. The van der Waals surface area contributed by atoms with E-state index in [1.54, 1.807) is 18.5 Å². The van der Waals surface area contributed by atoms with E-state index in [0.717, 1.165) is 77.3 Å². The first kappa shape index (κ1) is 25.5. The molecule has 4 heterocycles. The molecule has 2 saturated carbocycles. The number of carbonyl (C=O) groups is 2. The largest absolute Gasteiger partial charge is 1.00 e. The molecule has 9 heteroatoms. The number of carbonyl (C=O) groups excluding carboxylic acids is 2. The van der Waals surface area contributed by atoms with Gasteiger partial charge in [-0.05, 0) is 43.6 Å². The molecule has 3 aliphatic heterocycles. The number of nitrogens with one attached hydrogen (secondary N) is 1. The summed E-state index contributed by atoms with van der Waals surface area (Å²) in [5, 5.41) is 14.6. The number of rotatable bonds is 7. The fourth-order valence-corrected chi connectivity index (χ4v) is 7.04. The van der Waals surface area contributed by atoms with E-state index in [-0.39, 0.29) is 46.8 Å². The zero-order valence-corrected chi connectivity index (χ0v) is 21.4. The highest BCUT2D eigenvalue weighted by molar-refractivity contribution is 5.89. The van der Waals surface area contributed by atoms with Gasteiger partial charge in [0.1, 0.15) is 6.54 Å². The van der Waals surface area contributed by atoms with E-state index in [1.807, 2.05) is 0 Å². The van der Waals surface area contributed by atoms with Crippen LogP contribution < -0.4 is 22.3 Å². The molecule has 5 fully saturated rings. The summed E-state index contributed by atoms with van der Waals surface area (Å²) in [7, 11) is 0. The zero-order chi connectivity index (χ0) is 22.9. The molecule has 1 aromatic rings. The molecule has 2 N–H and O–H groups in total. The molecule has 5 aliphatic rings. The molecule has 2 aliphatic carbocycles. The maximum absolute atomic E-state index is 13.6. The predicted octanol–water partition coefficient (Wildman–Crippen LogP) is -0.317. The fraction of sp³-hybridized carbons (Fsp3) is 0.760. The van der Waals surface area contributed by atoms with Crippen LogP contribution in [0, 0.1) is 17.8 Å². The molecule has 3 saturated heterocycles. The Bertz CT molecular complexity index is 834. The van der Waals surface area contributed by atoms with E-state index < -0.39 is 5.60 Å². The van der Waals surface area contributed by atoms with Gasteiger partial charge < -0.3 is 31.3 Å². The quantitative estimate of drug-likeness (QED) is 0.366. The van der Waals surface area contributed by atoms with Gasteiger partial charge in [-0.3, -0.25) is 10.1 Å². The maximum Gasteiger partial charge on any atom is 0.339 e. The highest BCUT2D eigenvalue weighted by atomic mass is 79.9. The van der Waals surface area contributed by atoms with Gasteiger partial charge in [0.15, 0.2) is 18.2 Å². The molecule has 1 atom stereocenters. The molecule has 1 amide bonds. The smallest absolute Gasteiger partial charge is 0.339 e. The van der Waals surface area contributed by atoms with Crippen LogP contribution in [0.3, 0.4) is 0 Å². The van der Waals surface area contributed by atoms with E-state index in [4.69, 9.17) is 4.74 Å². The lowest BCUT2D eigenvalue weighted by Gasteiger charge is -2.52. The van der Waals surface area contributed by atoms with E-state index in [0.29, 0.717) is 29.4 Å². The first-order valence-electron chi connectivity index (χ1n) is 12.8. The minimum atomic E-state index is -1.34. The number of aromatic nitrogens is 2. The Morgan fingerprint density at radius 1 is 1.00 bits per heavy atom. The van der Waals surface area contributed by atoms with Crippen molar-refractivity contribution in [2.45, 2.75) is 75.9 Å². The number of ether oxygens (including phenoxy) is 1. The van der Waals surface area contributed by atoms with Crippen LogP contribution in [0.25, 0.3) is 0 Å². The van der Waals surface area contributed by atoms with Gasteiger partial charge in [0.2, 0.25) is 5.95 Å². The van der Waals surface area contributed by atoms with Gasteiger partial charge in [0.25, 0.3) is 5.91 Å². The van der Waals surface area contributed by atoms with Crippen LogP contribution >= 0.6 is 0 Å². The van der Waals surface area contributed by atoms with Crippen LogP contribution in [-0.2, 0) is 14.3 Å². The van der Waals surface area contributed by atoms with Crippen molar-refractivity contribution in [1.82, 2.24) is 9.97 Å². The van der Waals surface area contributed by atoms with Crippen molar-refractivity contribution in [3.8, 4) is 0 Å². The SMILES string of the molecule is O=C(C[N+]12CCC(CC1)[C@@H](OC(=O)C(O)(C1CCCC1)C1CCCC1)C2)Nc1ncccn1.[Br-]. The second kappa shape index (κ2) is 10.6. The number of amides is 1. The van der Waals surface area contributed by atoms with E-state index >= 15 is 0 Å². The number of nitrogens with zero attached hydrogens (tertiary/aromatic N) is 3. The van der Waals surface area contributed by atoms with E-state index in [2.05, 4.69) is 15.3 Å². The van der Waals surface area contributed by atoms with E-state index in [9.17, 15) is 14.7 Å². The number of anilines is 1. The third-order valence-electron chi connectivity index (χ3n) is 8.88. The second-order valence-electron chi connectivity index (χ2n) is 10.8. The molecule has 1 aromatic heterocycles. The standard InChI is InChI=1S/C25H36N4O4.BrH/c30-22(28-24-26-12-5-13-27-24)17-29-14-10-18(11-15-29)21(16-29)33-23(31)25(32,19-6-1-2-7-19)20-8-3-4-9-20;/h5,12-13,18-21,32H,1-4,6-11,14-17H2;1H/t18?,21-,29?;/m0./s1. The molecule has 2 bridgehead atoms. The monoisotopic (exact) mass is 536 g/mol. The molecule has 188 valence electrons. The summed E-state index contributed by atoms with van der Waals surface area (Å²) in [5.41, 5.74) is -1.34. The molecular formula is C25H37BrN4O4. The molecule has 0 unspecified atom stereocenters. The van der Waals surface area contributed by atoms with Gasteiger partial charge in [-0.15, -0.1) is 0 Å². The highest BCUT2D eigenvalue weighted by Crippen LogP contribution is 2.46. The lowest BCUT2D eigenvalue weighted by molar-refractivity contribution is -0.939. The first-order valence-corrected chi connectivity index (χ1v) is 12.8. The van der Waals surface area contributed by atoms with Crippen LogP contribution in [0.5, 0.6) is 0 Å².